The molecule has 0 aliphatic heterocycles. The first-order chi connectivity index (χ1) is 7.52. The lowest BCUT2D eigenvalue weighted by molar-refractivity contribution is 0.147. The molecule has 0 radical (unpaired) electrons. The van der Waals surface area contributed by atoms with Gasteiger partial charge in [0.2, 0.25) is 0 Å². The van der Waals surface area contributed by atoms with Crippen molar-refractivity contribution in [1.29, 1.82) is 0 Å². The van der Waals surface area contributed by atoms with Crippen LogP contribution in [0.5, 0.6) is 0 Å². The van der Waals surface area contributed by atoms with E-state index in [9.17, 15) is 0 Å². The zero-order valence-electron chi connectivity index (χ0n) is 11.7. The maximum Gasteiger partial charge on any atom is 0.0482 e. The second kappa shape index (κ2) is 9.00. The first-order valence-corrected chi connectivity index (χ1v) is 6.86. The Labute approximate surface area is 102 Å². The van der Waals surface area contributed by atoms with Gasteiger partial charge in [-0.1, -0.05) is 40.0 Å². The van der Waals surface area contributed by atoms with Crippen LogP contribution < -0.4 is 5.32 Å². The minimum atomic E-state index is 0.0904. The summed E-state index contributed by atoms with van der Waals surface area (Å²) in [6.45, 7) is 10.1. The Hall–Kier alpha value is -0.0800. The van der Waals surface area contributed by atoms with Gasteiger partial charge in [0.05, 0.1) is 0 Å². The maximum absolute atomic E-state index is 9.13. The highest BCUT2D eigenvalue weighted by Gasteiger charge is 2.15. The van der Waals surface area contributed by atoms with E-state index in [1.54, 1.807) is 0 Å². The van der Waals surface area contributed by atoms with E-state index in [1.165, 1.54) is 25.7 Å². The summed E-state index contributed by atoms with van der Waals surface area (Å²) >= 11 is 0. The Morgan fingerprint density at radius 3 is 2.44 bits per heavy atom. The molecule has 0 spiro atoms. The van der Waals surface area contributed by atoms with Gasteiger partial charge in [0.25, 0.3) is 0 Å². The molecule has 0 saturated carbocycles. The Bertz CT molecular complexity index is 157. The van der Waals surface area contributed by atoms with Gasteiger partial charge in [0.1, 0.15) is 0 Å². The van der Waals surface area contributed by atoms with Gasteiger partial charge in [-0.3, -0.25) is 0 Å². The third-order valence-corrected chi connectivity index (χ3v) is 3.19. The minimum absolute atomic E-state index is 0.0904. The topological polar surface area (TPSA) is 32.3 Å². The van der Waals surface area contributed by atoms with Crippen LogP contribution in [0.25, 0.3) is 0 Å². The van der Waals surface area contributed by atoms with Gasteiger partial charge in [0, 0.05) is 12.6 Å². The molecule has 0 aromatic rings. The molecular formula is C14H31NO. The molecule has 0 aromatic heterocycles. The Balaban J connectivity index is 3.37. The SMILES string of the molecule is CCCCCC(C)NCCCC(C)(C)CO. The summed E-state index contributed by atoms with van der Waals surface area (Å²) in [5.41, 5.74) is 0.0904. The molecule has 0 aliphatic carbocycles. The van der Waals surface area contributed by atoms with Crippen molar-refractivity contribution in [3.05, 3.63) is 0 Å². The fraction of sp³-hybridized carbons (Fsp3) is 1.00. The Morgan fingerprint density at radius 1 is 1.19 bits per heavy atom. The standard InChI is InChI=1S/C14H31NO/c1-5-6-7-9-13(2)15-11-8-10-14(3,4)12-16/h13,15-16H,5-12H2,1-4H3. The third-order valence-electron chi connectivity index (χ3n) is 3.19. The third kappa shape index (κ3) is 9.17. The summed E-state index contributed by atoms with van der Waals surface area (Å²) in [6.07, 6.45) is 7.54. The van der Waals surface area contributed by atoms with Gasteiger partial charge >= 0.3 is 0 Å². The number of unbranched alkanes of at least 4 members (excludes halogenated alkanes) is 2. The van der Waals surface area contributed by atoms with Crippen molar-refractivity contribution in [2.45, 2.75) is 72.3 Å². The summed E-state index contributed by atoms with van der Waals surface area (Å²) < 4.78 is 0. The molecule has 2 heteroatoms. The number of rotatable bonds is 10. The summed E-state index contributed by atoms with van der Waals surface area (Å²) in [5.74, 6) is 0. The first kappa shape index (κ1) is 15.9. The van der Waals surface area contributed by atoms with Crippen LogP contribution in [-0.2, 0) is 0 Å². The van der Waals surface area contributed by atoms with Crippen molar-refractivity contribution in [2.24, 2.45) is 5.41 Å². The van der Waals surface area contributed by atoms with Crippen LogP contribution in [0, 0.1) is 5.41 Å². The molecule has 0 heterocycles. The molecule has 0 aromatic carbocycles. The van der Waals surface area contributed by atoms with Gasteiger partial charge in [0.15, 0.2) is 0 Å². The average Bonchev–Trinajstić information content (AvgIpc) is 2.25. The van der Waals surface area contributed by atoms with E-state index in [4.69, 9.17) is 5.11 Å². The van der Waals surface area contributed by atoms with E-state index < -0.39 is 0 Å². The lowest BCUT2D eigenvalue weighted by Crippen LogP contribution is -2.28. The van der Waals surface area contributed by atoms with Gasteiger partial charge in [-0.25, -0.2) is 0 Å². The van der Waals surface area contributed by atoms with E-state index >= 15 is 0 Å². The number of nitrogens with one attached hydrogen (secondary N) is 1. The molecule has 2 N–H and O–H groups in total. The largest absolute Gasteiger partial charge is 0.396 e. The van der Waals surface area contributed by atoms with Crippen LogP contribution in [0.15, 0.2) is 0 Å². The fourth-order valence-electron chi connectivity index (χ4n) is 1.80. The van der Waals surface area contributed by atoms with Crippen LogP contribution in [0.2, 0.25) is 0 Å². The van der Waals surface area contributed by atoms with Crippen molar-refractivity contribution in [2.75, 3.05) is 13.2 Å². The van der Waals surface area contributed by atoms with Crippen molar-refractivity contribution < 1.29 is 5.11 Å². The van der Waals surface area contributed by atoms with Gasteiger partial charge in [-0.2, -0.15) is 0 Å². The summed E-state index contributed by atoms with van der Waals surface area (Å²) in [6, 6.07) is 0.642. The lowest BCUT2D eigenvalue weighted by Gasteiger charge is -2.22. The normalized spacial score (nSPS) is 14.1. The average molecular weight is 229 g/mol. The van der Waals surface area contributed by atoms with E-state index in [0.29, 0.717) is 12.6 Å². The molecule has 0 bridgehead atoms. The minimum Gasteiger partial charge on any atom is -0.396 e. The van der Waals surface area contributed by atoms with Crippen molar-refractivity contribution >= 4 is 0 Å². The lowest BCUT2D eigenvalue weighted by atomic mass is 9.89. The molecular weight excluding hydrogens is 198 g/mol. The first-order valence-electron chi connectivity index (χ1n) is 6.86. The number of aliphatic hydroxyl groups is 1. The monoisotopic (exact) mass is 229 g/mol. The molecule has 0 aliphatic rings. The molecule has 0 fully saturated rings. The van der Waals surface area contributed by atoms with Gasteiger partial charge in [-0.05, 0) is 38.1 Å². The Morgan fingerprint density at radius 2 is 1.88 bits per heavy atom. The molecule has 0 rings (SSSR count). The highest BCUT2D eigenvalue weighted by Crippen LogP contribution is 2.20. The van der Waals surface area contributed by atoms with Crippen molar-refractivity contribution in [1.82, 2.24) is 5.32 Å². The molecule has 16 heavy (non-hydrogen) atoms. The van der Waals surface area contributed by atoms with Gasteiger partial charge < -0.3 is 10.4 Å². The predicted octanol–water partition coefficient (Wildman–Crippen LogP) is 3.34. The fourth-order valence-corrected chi connectivity index (χ4v) is 1.80. The molecule has 1 unspecified atom stereocenters. The number of hydrogen-bond acceptors (Lipinski definition) is 2. The van der Waals surface area contributed by atoms with E-state index in [1.807, 2.05) is 0 Å². The second-order valence-corrected chi connectivity index (χ2v) is 5.78. The number of aliphatic hydroxyl groups excluding tert-OH is 1. The second-order valence-electron chi connectivity index (χ2n) is 5.78. The molecule has 2 nitrogen and oxygen atoms in total. The van der Waals surface area contributed by atoms with Crippen LogP contribution in [0.3, 0.4) is 0 Å². The predicted molar refractivity (Wildman–Crippen MR) is 71.7 cm³/mol. The zero-order chi connectivity index (χ0) is 12.4. The van der Waals surface area contributed by atoms with Crippen LogP contribution in [-0.4, -0.2) is 24.3 Å². The van der Waals surface area contributed by atoms with E-state index in [0.717, 1.165) is 19.4 Å². The van der Waals surface area contributed by atoms with E-state index in [2.05, 4.69) is 33.0 Å². The van der Waals surface area contributed by atoms with Crippen molar-refractivity contribution in [3.63, 3.8) is 0 Å². The highest BCUT2D eigenvalue weighted by atomic mass is 16.3. The quantitative estimate of drug-likeness (QED) is 0.563. The highest BCUT2D eigenvalue weighted by molar-refractivity contribution is 4.68. The molecule has 98 valence electrons. The smallest absolute Gasteiger partial charge is 0.0482 e. The summed E-state index contributed by atoms with van der Waals surface area (Å²) in [7, 11) is 0. The molecule has 0 saturated heterocycles. The zero-order valence-corrected chi connectivity index (χ0v) is 11.7. The summed E-state index contributed by atoms with van der Waals surface area (Å²) in [4.78, 5) is 0. The molecule has 0 amide bonds. The Kier molecular flexibility index (Phi) is 8.96. The summed E-state index contributed by atoms with van der Waals surface area (Å²) in [5, 5.41) is 12.7. The van der Waals surface area contributed by atoms with Crippen LogP contribution >= 0.6 is 0 Å². The van der Waals surface area contributed by atoms with Crippen LogP contribution in [0.4, 0.5) is 0 Å². The van der Waals surface area contributed by atoms with E-state index in [-0.39, 0.29) is 5.41 Å². The van der Waals surface area contributed by atoms with Gasteiger partial charge in [-0.15, -0.1) is 0 Å². The molecule has 1 atom stereocenters. The maximum atomic E-state index is 9.13. The number of hydrogen-bond donors (Lipinski definition) is 2. The van der Waals surface area contributed by atoms with Crippen molar-refractivity contribution in [3.8, 4) is 0 Å². The van der Waals surface area contributed by atoms with Crippen LogP contribution in [0.1, 0.15) is 66.2 Å².